The smallest absolute Gasteiger partial charge is 0.228 e. The molecule has 0 saturated carbocycles. The van der Waals surface area contributed by atoms with E-state index in [-0.39, 0.29) is 0 Å². The second-order valence-corrected chi connectivity index (χ2v) is 6.35. The predicted octanol–water partition coefficient (Wildman–Crippen LogP) is 0.350. The summed E-state index contributed by atoms with van der Waals surface area (Å²) in [6.45, 7) is 5.22. The number of piperidine rings is 1. The maximum Gasteiger partial charge on any atom is 0.228 e. The van der Waals surface area contributed by atoms with Gasteiger partial charge < -0.3 is 5.32 Å². The van der Waals surface area contributed by atoms with Gasteiger partial charge in [-0.2, -0.15) is 5.26 Å². The molecule has 0 aliphatic carbocycles. The molecule has 5 nitrogen and oxygen atoms in total. The van der Waals surface area contributed by atoms with Crippen LogP contribution in [0.5, 0.6) is 0 Å². The van der Waals surface area contributed by atoms with Crippen LogP contribution in [-0.2, 0) is 10.0 Å². The van der Waals surface area contributed by atoms with Gasteiger partial charge in [0.15, 0.2) is 5.25 Å². The lowest BCUT2D eigenvalue weighted by molar-refractivity contribution is 0.307. The van der Waals surface area contributed by atoms with Crippen LogP contribution in [0.25, 0.3) is 0 Å². The summed E-state index contributed by atoms with van der Waals surface area (Å²) in [6, 6.07) is 1.83. The Balaban J connectivity index is 2.75. The van der Waals surface area contributed by atoms with Crippen molar-refractivity contribution in [3.05, 3.63) is 0 Å². The maximum atomic E-state index is 11.9. The van der Waals surface area contributed by atoms with Crippen molar-refractivity contribution < 1.29 is 8.42 Å². The van der Waals surface area contributed by atoms with Gasteiger partial charge in [-0.25, -0.2) is 13.1 Å². The lowest BCUT2D eigenvalue weighted by Gasteiger charge is -2.35. The summed E-state index contributed by atoms with van der Waals surface area (Å²) >= 11 is 0. The molecule has 0 amide bonds. The summed E-state index contributed by atoms with van der Waals surface area (Å²) in [6.07, 6.45) is 1.84. The van der Waals surface area contributed by atoms with Crippen molar-refractivity contribution in [2.24, 2.45) is 0 Å². The lowest BCUT2D eigenvalue weighted by atomic mass is 9.92. The van der Waals surface area contributed by atoms with Crippen LogP contribution in [0.1, 0.15) is 33.1 Å². The van der Waals surface area contributed by atoms with Crippen molar-refractivity contribution in [3.8, 4) is 6.07 Å². The van der Waals surface area contributed by atoms with Gasteiger partial charge in [-0.15, -0.1) is 0 Å². The average Bonchev–Trinajstić information content (AvgIpc) is 2.18. The molecule has 16 heavy (non-hydrogen) atoms. The summed E-state index contributed by atoms with van der Waals surface area (Å²) in [5.74, 6) is 0. The van der Waals surface area contributed by atoms with Crippen LogP contribution in [-0.4, -0.2) is 32.3 Å². The van der Waals surface area contributed by atoms with Crippen LogP contribution in [0.15, 0.2) is 0 Å². The third kappa shape index (κ3) is 3.17. The summed E-state index contributed by atoms with van der Waals surface area (Å²) in [4.78, 5) is 0. The topological polar surface area (TPSA) is 82.0 Å². The normalized spacial score (nSPS) is 22.3. The van der Waals surface area contributed by atoms with E-state index in [1.165, 1.54) is 0 Å². The Morgan fingerprint density at radius 3 is 2.50 bits per heavy atom. The minimum atomic E-state index is -3.52. The summed E-state index contributed by atoms with van der Waals surface area (Å²) in [5, 5.41) is 11.0. The first-order valence-electron chi connectivity index (χ1n) is 5.57. The van der Waals surface area contributed by atoms with Gasteiger partial charge in [0.05, 0.1) is 6.07 Å². The van der Waals surface area contributed by atoms with Crippen LogP contribution in [0.3, 0.4) is 0 Å². The van der Waals surface area contributed by atoms with Gasteiger partial charge in [-0.05, 0) is 39.3 Å². The first-order chi connectivity index (χ1) is 7.43. The fourth-order valence-corrected chi connectivity index (χ4v) is 3.49. The first-order valence-corrected chi connectivity index (χ1v) is 7.11. The summed E-state index contributed by atoms with van der Waals surface area (Å²) < 4.78 is 26.5. The van der Waals surface area contributed by atoms with Crippen molar-refractivity contribution >= 4 is 10.0 Å². The molecular formula is C10H19N3O2S. The van der Waals surface area contributed by atoms with E-state index in [2.05, 4.69) is 10.0 Å². The van der Waals surface area contributed by atoms with E-state index < -0.39 is 20.8 Å². The highest BCUT2D eigenvalue weighted by Gasteiger charge is 2.34. The van der Waals surface area contributed by atoms with Crippen molar-refractivity contribution in [2.75, 3.05) is 13.1 Å². The van der Waals surface area contributed by atoms with Crippen LogP contribution in [0, 0.1) is 11.3 Å². The lowest BCUT2D eigenvalue weighted by Crippen LogP contribution is -2.54. The van der Waals surface area contributed by atoms with Crippen LogP contribution >= 0.6 is 0 Å². The number of nitrogens with one attached hydrogen (secondary N) is 2. The second-order valence-electron chi connectivity index (χ2n) is 4.48. The van der Waals surface area contributed by atoms with Crippen molar-refractivity contribution in [1.82, 2.24) is 10.0 Å². The molecule has 0 bridgehead atoms. The van der Waals surface area contributed by atoms with Crippen LogP contribution in [0.2, 0.25) is 0 Å². The fraction of sp³-hybridized carbons (Fsp3) is 0.900. The highest BCUT2D eigenvalue weighted by molar-refractivity contribution is 7.90. The predicted molar refractivity (Wildman–Crippen MR) is 62.3 cm³/mol. The van der Waals surface area contributed by atoms with E-state index in [1.807, 2.05) is 13.0 Å². The Morgan fingerprint density at radius 2 is 2.06 bits per heavy atom. The van der Waals surface area contributed by atoms with E-state index in [0.717, 1.165) is 25.9 Å². The molecule has 6 heteroatoms. The molecule has 0 radical (unpaired) electrons. The third-order valence-corrected chi connectivity index (χ3v) is 4.95. The Kier molecular flexibility index (Phi) is 4.30. The van der Waals surface area contributed by atoms with E-state index >= 15 is 0 Å². The van der Waals surface area contributed by atoms with Crippen molar-refractivity contribution in [3.63, 3.8) is 0 Å². The molecule has 1 rings (SSSR count). The maximum absolute atomic E-state index is 11.9. The number of nitrogens with zero attached hydrogens (tertiary/aromatic N) is 1. The van der Waals surface area contributed by atoms with Gasteiger partial charge in [0.1, 0.15) is 0 Å². The minimum Gasteiger partial charge on any atom is -0.317 e. The largest absolute Gasteiger partial charge is 0.317 e. The van der Waals surface area contributed by atoms with E-state index in [0.29, 0.717) is 6.42 Å². The molecule has 1 heterocycles. The molecule has 1 atom stereocenters. The molecule has 0 aromatic rings. The number of sulfonamides is 1. The molecule has 0 aromatic carbocycles. The molecule has 0 spiro atoms. The highest BCUT2D eigenvalue weighted by atomic mass is 32.2. The highest BCUT2D eigenvalue weighted by Crippen LogP contribution is 2.20. The van der Waals surface area contributed by atoms with Gasteiger partial charge in [0, 0.05) is 5.54 Å². The monoisotopic (exact) mass is 245 g/mol. The summed E-state index contributed by atoms with van der Waals surface area (Å²) in [7, 11) is -3.52. The molecule has 2 N–H and O–H groups in total. The number of hydrogen-bond acceptors (Lipinski definition) is 4. The third-order valence-electron chi connectivity index (χ3n) is 2.99. The number of hydrogen-bond donors (Lipinski definition) is 2. The number of nitriles is 1. The van der Waals surface area contributed by atoms with Crippen LogP contribution in [0.4, 0.5) is 0 Å². The zero-order valence-electron chi connectivity index (χ0n) is 9.78. The van der Waals surface area contributed by atoms with Gasteiger partial charge in [0.25, 0.3) is 0 Å². The standard InChI is InChI=1S/C10H19N3O2S/c1-3-9(8-11)16(14,15)13-10(2)4-6-12-7-5-10/h9,12-13H,3-7H2,1-2H3. The molecule has 1 aliphatic heterocycles. The molecule has 1 unspecified atom stereocenters. The molecule has 0 aromatic heterocycles. The number of rotatable bonds is 4. The van der Waals surface area contributed by atoms with Crippen molar-refractivity contribution in [1.29, 1.82) is 5.26 Å². The fourth-order valence-electron chi connectivity index (χ4n) is 1.88. The molecular weight excluding hydrogens is 226 g/mol. The second kappa shape index (κ2) is 5.13. The molecule has 1 saturated heterocycles. The first kappa shape index (κ1) is 13.4. The molecule has 1 aliphatic rings. The molecule has 92 valence electrons. The quantitative estimate of drug-likeness (QED) is 0.749. The van der Waals surface area contributed by atoms with Gasteiger partial charge in [-0.3, -0.25) is 0 Å². The average molecular weight is 245 g/mol. The van der Waals surface area contributed by atoms with E-state index in [1.54, 1.807) is 6.92 Å². The van der Waals surface area contributed by atoms with Gasteiger partial charge in [-0.1, -0.05) is 6.92 Å². The van der Waals surface area contributed by atoms with E-state index in [9.17, 15) is 8.42 Å². The Bertz CT molecular complexity index is 366. The van der Waals surface area contributed by atoms with Gasteiger partial charge >= 0.3 is 0 Å². The minimum absolute atomic E-state index is 0.320. The zero-order chi connectivity index (χ0) is 12.2. The van der Waals surface area contributed by atoms with Crippen molar-refractivity contribution in [2.45, 2.75) is 43.9 Å². The Labute approximate surface area is 97.3 Å². The zero-order valence-corrected chi connectivity index (χ0v) is 10.6. The summed E-state index contributed by atoms with van der Waals surface area (Å²) in [5.41, 5.74) is -0.408. The Hall–Kier alpha value is -0.640. The Morgan fingerprint density at radius 1 is 1.50 bits per heavy atom. The molecule has 1 fully saturated rings. The van der Waals surface area contributed by atoms with Crippen LogP contribution < -0.4 is 10.0 Å². The van der Waals surface area contributed by atoms with E-state index in [4.69, 9.17) is 5.26 Å². The SMILES string of the molecule is CCC(C#N)S(=O)(=O)NC1(C)CCNCC1. The van der Waals surface area contributed by atoms with Gasteiger partial charge in [0.2, 0.25) is 10.0 Å².